The van der Waals surface area contributed by atoms with Crippen LogP contribution in [0.2, 0.25) is 0 Å². The van der Waals surface area contributed by atoms with Crippen LogP contribution >= 0.6 is 0 Å². The maximum absolute atomic E-state index is 12.9. The van der Waals surface area contributed by atoms with Gasteiger partial charge < -0.3 is 5.73 Å². The lowest BCUT2D eigenvalue weighted by molar-refractivity contribution is -0.123. The average molecular weight is 221 g/mol. The summed E-state index contributed by atoms with van der Waals surface area (Å²) >= 11 is 0. The molecule has 0 bridgehead atoms. The molecule has 1 atom stereocenters. The lowest BCUT2D eigenvalue weighted by atomic mass is 9.88. The molecule has 1 saturated carbocycles. The number of ketones is 1. The number of carbonyl (C=O) groups excluding carboxylic acids is 1. The molecule has 0 amide bonds. The third-order valence-corrected chi connectivity index (χ3v) is 3.28. The molecule has 3 heteroatoms. The van der Waals surface area contributed by atoms with Gasteiger partial charge >= 0.3 is 0 Å². The van der Waals surface area contributed by atoms with Crippen molar-refractivity contribution >= 4 is 5.78 Å². The second kappa shape index (κ2) is 3.98. The second-order valence-corrected chi connectivity index (χ2v) is 4.79. The zero-order chi connectivity index (χ0) is 11.8. The van der Waals surface area contributed by atoms with Crippen LogP contribution in [0.15, 0.2) is 24.3 Å². The van der Waals surface area contributed by atoms with Crippen LogP contribution in [0.5, 0.6) is 0 Å². The average Bonchev–Trinajstić information content (AvgIpc) is 3.00. The van der Waals surface area contributed by atoms with Crippen LogP contribution in [0.3, 0.4) is 0 Å². The number of rotatable bonds is 4. The lowest BCUT2D eigenvalue weighted by Gasteiger charge is -2.22. The van der Waals surface area contributed by atoms with Crippen molar-refractivity contribution < 1.29 is 9.18 Å². The van der Waals surface area contributed by atoms with Crippen LogP contribution in [-0.4, -0.2) is 11.3 Å². The quantitative estimate of drug-likeness (QED) is 0.845. The number of hydrogen-bond acceptors (Lipinski definition) is 2. The Morgan fingerprint density at radius 1 is 1.56 bits per heavy atom. The van der Waals surface area contributed by atoms with E-state index < -0.39 is 5.54 Å². The molecule has 2 rings (SSSR count). The van der Waals surface area contributed by atoms with Gasteiger partial charge in [0, 0.05) is 6.42 Å². The molecule has 1 unspecified atom stereocenters. The van der Waals surface area contributed by atoms with Gasteiger partial charge in [-0.25, -0.2) is 4.39 Å². The van der Waals surface area contributed by atoms with Gasteiger partial charge in [0.2, 0.25) is 0 Å². The van der Waals surface area contributed by atoms with Gasteiger partial charge in [0.15, 0.2) is 5.78 Å². The minimum Gasteiger partial charge on any atom is -0.319 e. The number of hydrogen-bond donors (Lipinski definition) is 1. The molecule has 2 N–H and O–H groups in total. The van der Waals surface area contributed by atoms with Gasteiger partial charge in [0.05, 0.1) is 5.54 Å². The summed E-state index contributed by atoms with van der Waals surface area (Å²) in [6.07, 6.45) is 2.28. The Morgan fingerprint density at radius 3 is 2.81 bits per heavy atom. The molecule has 2 nitrogen and oxygen atoms in total. The van der Waals surface area contributed by atoms with Gasteiger partial charge in [-0.3, -0.25) is 4.79 Å². The summed E-state index contributed by atoms with van der Waals surface area (Å²) in [5.74, 6) is 0.00426. The molecular weight excluding hydrogens is 205 g/mol. The Labute approximate surface area is 94.6 Å². The van der Waals surface area contributed by atoms with E-state index in [4.69, 9.17) is 5.73 Å². The maximum Gasteiger partial charge on any atom is 0.156 e. The van der Waals surface area contributed by atoms with Gasteiger partial charge in [-0.2, -0.15) is 0 Å². The molecule has 86 valence electrons. The van der Waals surface area contributed by atoms with Crippen molar-refractivity contribution in [3.05, 3.63) is 35.6 Å². The van der Waals surface area contributed by atoms with Crippen molar-refractivity contribution in [1.82, 2.24) is 0 Å². The number of benzene rings is 1. The first kappa shape index (κ1) is 11.3. The normalized spacial score (nSPS) is 19.2. The standard InChI is InChI=1S/C13H16FNO/c1-13(15,10-5-6-10)12(16)8-9-3-2-4-11(14)7-9/h2-4,7,10H,5-6,8,15H2,1H3. The lowest BCUT2D eigenvalue weighted by Crippen LogP contribution is -2.47. The molecule has 0 aromatic heterocycles. The summed E-state index contributed by atoms with van der Waals surface area (Å²) in [5.41, 5.74) is 5.96. The Kier molecular flexibility index (Phi) is 2.80. The van der Waals surface area contributed by atoms with E-state index in [0.29, 0.717) is 11.5 Å². The first-order valence-corrected chi connectivity index (χ1v) is 5.57. The molecule has 1 fully saturated rings. The van der Waals surface area contributed by atoms with Crippen LogP contribution in [-0.2, 0) is 11.2 Å². The topological polar surface area (TPSA) is 43.1 Å². The Morgan fingerprint density at radius 2 is 2.25 bits per heavy atom. The largest absolute Gasteiger partial charge is 0.319 e. The monoisotopic (exact) mass is 221 g/mol. The molecule has 0 spiro atoms. The van der Waals surface area contributed by atoms with Crippen LogP contribution in [0.4, 0.5) is 4.39 Å². The fourth-order valence-electron chi connectivity index (χ4n) is 1.93. The van der Waals surface area contributed by atoms with E-state index in [1.54, 1.807) is 19.1 Å². The van der Waals surface area contributed by atoms with Crippen molar-refractivity contribution in [2.24, 2.45) is 11.7 Å². The molecule has 0 radical (unpaired) electrons. The fraction of sp³-hybridized carbons (Fsp3) is 0.462. The molecule has 0 heterocycles. The summed E-state index contributed by atoms with van der Waals surface area (Å²) in [6.45, 7) is 1.78. The molecule has 16 heavy (non-hydrogen) atoms. The number of carbonyl (C=O) groups is 1. The highest BCUT2D eigenvalue weighted by atomic mass is 19.1. The van der Waals surface area contributed by atoms with E-state index in [-0.39, 0.29) is 18.0 Å². The van der Waals surface area contributed by atoms with Gasteiger partial charge in [-0.1, -0.05) is 12.1 Å². The second-order valence-electron chi connectivity index (χ2n) is 4.79. The molecule has 1 aromatic carbocycles. The minimum atomic E-state index is -0.744. The van der Waals surface area contributed by atoms with Crippen LogP contribution in [0.25, 0.3) is 0 Å². The Hall–Kier alpha value is -1.22. The minimum absolute atomic E-state index is 0.000556. The highest BCUT2D eigenvalue weighted by molar-refractivity contribution is 5.90. The molecule has 1 aliphatic carbocycles. The fourth-order valence-corrected chi connectivity index (χ4v) is 1.93. The molecule has 0 aliphatic heterocycles. The van der Waals surface area contributed by atoms with Crippen molar-refractivity contribution in [3.63, 3.8) is 0 Å². The molecule has 1 aromatic rings. The smallest absolute Gasteiger partial charge is 0.156 e. The first-order valence-electron chi connectivity index (χ1n) is 5.57. The summed E-state index contributed by atoms with van der Waals surface area (Å²) in [6, 6.07) is 6.13. The predicted octanol–water partition coefficient (Wildman–Crippen LogP) is 2.06. The van der Waals surface area contributed by atoms with E-state index in [0.717, 1.165) is 12.8 Å². The van der Waals surface area contributed by atoms with Crippen molar-refractivity contribution in [2.75, 3.05) is 0 Å². The van der Waals surface area contributed by atoms with Crippen LogP contribution < -0.4 is 5.73 Å². The molecule has 0 saturated heterocycles. The molecular formula is C13H16FNO. The van der Waals surface area contributed by atoms with E-state index in [9.17, 15) is 9.18 Å². The van der Waals surface area contributed by atoms with Crippen molar-refractivity contribution in [1.29, 1.82) is 0 Å². The number of halogens is 1. The van der Waals surface area contributed by atoms with Crippen LogP contribution in [0.1, 0.15) is 25.3 Å². The maximum atomic E-state index is 12.9. The highest BCUT2D eigenvalue weighted by Crippen LogP contribution is 2.38. The van der Waals surface area contributed by atoms with Gasteiger partial charge in [0.1, 0.15) is 5.82 Å². The van der Waals surface area contributed by atoms with Gasteiger partial charge in [-0.05, 0) is 43.4 Å². The Bertz CT molecular complexity index is 410. The third-order valence-electron chi connectivity index (χ3n) is 3.28. The Balaban J connectivity index is 2.07. The highest BCUT2D eigenvalue weighted by Gasteiger charge is 2.43. The third kappa shape index (κ3) is 2.30. The number of Topliss-reactive ketones (excluding diaryl/α,β-unsaturated/α-hetero) is 1. The van der Waals surface area contributed by atoms with Gasteiger partial charge in [-0.15, -0.1) is 0 Å². The van der Waals surface area contributed by atoms with E-state index in [1.165, 1.54) is 12.1 Å². The van der Waals surface area contributed by atoms with Crippen molar-refractivity contribution in [3.8, 4) is 0 Å². The zero-order valence-corrected chi connectivity index (χ0v) is 9.37. The van der Waals surface area contributed by atoms with E-state index in [1.807, 2.05) is 0 Å². The van der Waals surface area contributed by atoms with Crippen molar-refractivity contribution in [2.45, 2.75) is 31.7 Å². The van der Waals surface area contributed by atoms with E-state index >= 15 is 0 Å². The van der Waals surface area contributed by atoms with Crippen LogP contribution in [0, 0.1) is 11.7 Å². The summed E-state index contributed by atoms with van der Waals surface area (Å²) < 4.78 is 12.9. The van der Waals surface area contributed by atoms with E-state index in [2.05, 4.69) is 0 Å². The predicted molar refractivity (Wildman–Crippen MR) is 60.4 cm³/mol. The zero-order valence-electron chi connectivity index (χ0n) is 9.37. The van der Waals surface area contributed by atoms with Gasteiger partial charge in [0.25, 0.3) is 0 Å². The SMILES string of the molecule is CC(N)(C(=O)Cc1cccc(F)c1)C1CC1. The molecule has 1 aliphatic rings. The number of nitrogens with two attached hydrogens (primary N) is 1. The summed E-state index contributed by atoms with van der Waals surface area (Å²) in [7, 11) is 0. The summed E-state index contributed by atoms with van der Waals surface area (Å²) in [4.78, 5) is 12.0. The first-order chi connectivity index (χ1) is 7.50. The summed E-state index contributed by atoms with van der Waals surface area (Å²) in [5, 5.41) is 0.